The highest BCUT2D eigenvalue weighted by Crippen LogP contribution is 2.30. The van der Waals surface area contributed by atoms with E-state index in [2.05, 4.69) is 5.32 Å². The second-order valence-electron chi connectivity index (χ2n) is 6.31. The lowest BCUT2D eigenvalue weighted by Crippen LogP contribution is -2.15. The Hall–Kier alpha value is -3.12. The summed E-state index contributed by atoms with van der Waals surface area (Å²) in [7, 11) is 0. The van der Waals surface area contributed by atoms with Crippen LogP contribution < -0.4 is 5.32 Å². The summed E-state index contributed by atoms with van der Waals surface area (Å²) >= 11 is 5.89. The van der Waals surface area contributed by atoms with E-state index in [4.69, 9.17) is 11.6 Å². The second kappa shape index (κ2) is 8.49. The molecule has 0 fully saturated rings. The number of Topliss-reactive ketones (excluding diaryl/α,β-unsaturated/α-hetero) is 1. The van der Waals surface area contributed by atoms with Crippen LogP contribution in [0.15, 0.2) is 72.8 Å². The number of hydrogen-bond acceptors (Lipinski definition) is 2. The third kappa shape index (κ3) is 5.23. The predicted octanol–water partition coefficient (Wildman–Crippen LogP) is 6.04. The van der Waals surface area contributed by atoms with E-state index in [1.807, 2.05) is 0 Å². The van der Waals surface area contributed by atoms with Crippen molar-refractivity contribution < 1.29 is 22.8 Å². The lowest BCUT2D eigenvalue weighted by Gasteiger charge is -2.12. The van der Waals surface area contributed by atoms with Gasteiger partial charge in [-0.3, -0.25) is 9.59 Å². The molecule has 0 unspecified atom stereocenters. The van der Waals surface area contributed by atoms with Gasteiger partial charge in [0, 0.05) is 22.6 Å². The van der Waals surface area contributed by atoms with Gasteiger partial charge in [-0.05, 0) is 42.0 Å². The van der Waals surface area contributed by atoms with E-state index < -0.39 is 23.4 Å². The Morgan fingerprint density at radius 1 is 0.897 bits per heavy atom. The van der Waals surface area contributed by atoms with Gasteiger partial charge >= 0.3 is 6.18 Å². The Morgan fingerprint density at radius 2 is 1.62 bits per heavy atom. The van der Waals surface area contributed by atoms with Crippen LogP contribution in [-0.2, 0) is 12.6 Å². The summed E-state index contributed by atoms with van der Waals surface area (Å²) in [5.41, 5.74) is 0.221. The first kappa shape index (κ1) is 20.6. The average molecular weight is 418 g/mol. The normalized spacial score (nSPS) is 11.2. The molecule has 0 aliphatic rings. The largest absolute Gasteiger partial charge is 0.416 e. The molecule has 148 valence electrons. The Morgan fingerprint density at radius 3 is 2.34 bits per heavy atom. The number of amides is 1. The molecule has 3 aromatic carbocycles. The molecule has 3 rings (SSSR count). The summed E-state index contributed by atoms with van der Waals surface area (Å²) in [4.78, 5) is 25.2. The molecule has 0 bridgehead atoms. The van der Waals surface area contributed by atoms with Gasteiger partial charge in [0.15, 0.2) is 5.78 Å². The Balaban J connectivity index is 1.81. The minimum Gasteiger partial charge on any atom is -0.321 e. The Bertz CT molecular complexity index is 1060. The van der Waals surface area contributed by atoms with Crippen molar-refractivity contribution in [1.29, 1.82) is 0 Å². The van der Waals surface area contributed by atoms with Crippen molar-refractivity contribution in [3.63, 3.8) is 0 Å². The maximum atomic E-state index is 12.9. The van der Waals surface area contributed by atoms with Crippen molar-refractivity contribution in [2.45, 2.75) is 12.6 Å². The highest BCUT2D eigenvalue weighted by Gasteiger charge is 2.30. The lowest BCUT2D eigenvalue weighted by molar-refractivity contribution is -0.137. The number of hydrogen-bond donors (Lipinski definition) is 1. The second-order valence-corrected chi connectivity index (χ2v) is 6.74. The van der Waals surface area contributed by atoms with Crippen molar-refractivity contribution in [2.75, 3.05) is 5.32 Å². The van der Waals surface area contributed by atoms with Crippen LogP contribution >= 0.6 is 11.6 Å². The van der Waals surface area contributed by atoms with Crippen LogP contribution in [-0.4, -0.2) is 11.7 Å². The zero-order valence-electron chi connectivity index (χ0n) is 15.0. The Labute approximate surface area is 170 Å². The number of ketones is 1. The quantitative estimate of drug-likeness (QED) is 0.515. The maximum absolute atomic E-state index is 12.9. The molecular weight excluding hydrogens is 403 g/mol. The van der Waals surface area contributed by atoms with Crippen molar-refractivity contribution in [2.24, 2.45) is 0 Å². The van der Waals surface area contributed by atoms with Crippen LogP contribution in [0, 0.1) is 0 Å². The number of para-hydroxylation sites is 1. The highest BCUT2D eigenvalue weighted by molar-refractivity contribution is 6.31. The number of rotatable bonds is 5. The lowest BCUT2D eigenvalue weighted by atomic mass is 10.00. The molecule has 3 aromatic rings. The van der Waals surface area contributed by atoms with Crippen molar-refractivity contribution >= 4 is 29.0 Å². The van der Waals surface area contributed by atoms with Gasteiger partial charge in [0.1, 0.15) is 0 Å². The minimum absolute atomic E-state index is 0.209. The van der Waals surface area contributed by atoms with Crippen molar-refractivity contribution in [3.8, 4) is 0 Å². The standard InChI is InChI=1S/C22H15ClF3NO2/c23-17-8-4-6-15(13-17)21(29)27-19-10-2-1-9-18(19)20(28)12-14-5-3-7-16(11-14)22(24,25)26/h1-11,13H,12H2,(H,27,29). The third-order valence-electron chi connectivity index (χ3n) is 4.18. The van der Waals surface area contributed by atoms with Crippen molar-refractivity contribution in [1.82, 2.24) is 0 Å². The van der Waals surface area contributed by atoms with E-state index in [0.717, 1.165) is 12.1 Å². The summed E-state index contributed by atoms with van der Waals surface area (Å²) in [6.45, 7) is 0. The van der Waals surface area contributed by atoms with E-state index in [1.54, 1.807) is 36.4 Å². The van der Waals surface area contributed by atoms with E-state index in [9.17, 15) is 22.8 Å². The fourth-order valence-corrected chi connectivity index (χ4v) is 2.99. The van der Waals surface area contributed by atoms with Gasteiger partial charge in [-0.1, -0.05) is 48.0 Å². The summed E-state index contributed by atoms with van der Waals surface area (Å²) < 4.78 is 38.7. The zero-order valence-corrected chi connectivity index (χ0v) is 15.7. The molecule has 7 heteroatoms. The van der Waals surface area contributed by atoms with Gasteiger partial charge in [0.05, 0.1) is 11.3 Å². The fourth-order valence-electron chi connectivity index (χ4n) is 2.80. The van der Waals surface area contributed by atoms with Gasteiger partial charge in [-0.2, -0.15) is 13.2 Å². The van der Waals surface area contributed by atoms with E-state index >= 15 is 0 Å². The molecule has 0 aromatic heterocycles. The number of benzene rings is 3. The van der Waals surface area contributed by atoms with E-state index in [-0.39, 0.29) is 23.2 Å². The molecule has 0 saturated heterocycles. The zero-order chi connectivity index (χ0) is 21.0. The first-order chi connectivity index (χ1) is 13.7. The van der Waals surface area contributed by atoms with Crippen molar-refractivity contribution in [3.05, 3.63) is 100 Å². The molecule has 29 heavy (non-hydrogen) atoms. The number of carbonyl (C=O) groups excluding carboxylic acids is 2. The van der Waals surface area contributed by atoms with Crippen LogP contribution in [0.1, 0.15) is 31.8 Å². The Kier molecular flexibility index (Phi) is 6.03. The van der Waals surface area contributed by atoms with Gasteiger partial charge in [0.2, 0.25) is 0 Å². The fraction of sp³-hybridized carbons (Fsp3) is 0.0909. The molecule has 1 N–H and O–H groups in total. The summed E-state index contributed by atoms with van der Waals surface area (Å²) in [6, 6.07) is 17.3. The first-order valence-corrected chi connectivity index (χ1v) is 8.97. The number of carbonyl (C=O) groups is 2. The number of nitrogens with one attached hydrogen (secondary N) is 1. The van der Waals surface area contributed by atoms with Gasteiger partial charge in [0.25, 0.3) is 5.91 Å². The van der Waals surface area contributed by atoms with Gasteiger partial charge in [-0.15, -0.1) is 0 Å². The van der Waals surface area contributed by atoms with E-state index in [0.29, 0.717) is 10.6 Å². The molecule has 0 saturated carbocycles. The first-order valence-electron chi connectivity index (χ1n) is 8.59. The molecule has 0 aliphatic heterocycles. The van der Waals surface area contributed by atoms with E-state index in [1.165, 1.54) is 24.3 Å². The van der Waals surface area contributed by atoms with Crippen LogP contribution in [0.4, 0.5) is 18.9 Å². The highest BCUT2D eigenvalue weighted by atomic mass is 35.5. The molecule has 0 heterocycles. The SMILES string of the molecule is O=C(Nc1ccccc1C(=O)Cc1cccc(C(F)(F)F)c1)c1cccc(Cl)c1. The summed E-state index contributed by atoms with van der Waals surface area (Å²) in [5, 5.41) is 3.05. The number of halogens is 4. The summed E-state index contributed by atoms with van der Waals surface area (Å²) in [5.74, 6) is -0.863. The molecule has 0 atom stereocenters. The molecule has 0 spiro atoms. The maximum Gasteiger partial charge on any atom is 0.416 e. The van der Waals surface area contributed by atoms with Crippen LogP contribution in [0.5, 0.6) is 0 Å². The minimum atomic E-state index is -4.48. The predicted molar refractivity (Wildman–Crippen MR) is 105 cm³/mol. The average Bonchev–Trinajstić information content (AvgIpc) is 2.68. The molecule has 0 aliphatic carbocycles. The van der Waals surface area contributed by atoms with Gasteiger partial charge < -0.3 is 5.32 Å². The third-order valence-corrected chi connectivity index (χ3v) is 4.42. The molecule has 3 nitrogen and oxygen atoms in total. The van der Waals surface area contributed by atoms with Crippen LogP contribution in [0.25, 0.3) is 0 Å². The molecular formula is C22H15ClF3NO2. The van der Waals surface area contributed by atoms with Crippen LogP contribution in [0.3, 0.4) is 0 Å². The number of alkyl halides is 3. The number of anilines is 1. The van der Waals surface area contributed by atoms with Crippen LogP contribution in [0.2, 0.25) is 5.02 Å². The smallest absolute Gasteiger partial charge is 0.321 e. The molecule has 0 radical (unpaired) electrons. The monoisotopic (exact) mass is 417 g/mol. The summed E-state index contributed by atoms with van der Waals surface area (Å²) in [6.07, 6.45) is -4.71. The van der Waals surface area contributed by atoms with Gasteiger partial charge in [-0.25, -0.2) is 0 Å². The topological polar surface area (TPSA) is 46.2 Å². The molecule has 1 amide bonds.